The highest BCUT2D eigenvalue weighted by molar-refractivity contribution is 6.17. The zero-order valence-corrected chi connectivity index (χ0v) is 10.3. The lowest BCUT2D eigenvalue weighted by molar-refractivity contribution is 0.434. The van der Waals surface area contributed by atoms with Crippen LogP contribution in [0.2, 0.25) is 0 Å². The van der Waals surface area contributed by atoms with Gasteiger partial charge in [-0.3, -0.25) is 4.98 Å². The van der Waals surface area contributed by atoms with E-state index in [1.165, 1.54) is 6.07 Å². The quantitative estimate of drug-likeness (QED) is 0.779. The maximum Gasteiger partial charge on any atom is 0.168 e. The standard InChI is InChI=1S/C13H10ClF2NO/c1-8-4-13(9(6-14)7-17-8)18-12-3-2-10(15)5-11(12)16/h2-5,7H,6H2,1H3. The summed E-state index contributed by atoms with van der Waals surface area (Å²) in [7, 11) is 0. The van der Waals surface area contributed by atoms with Gasteiger partial charge >= 0.3 is 0 Å². The van der Waals surface area contributed by atoms with Crippen LogP contribution in [0.1, 0.15) is 11.3 Å². The fraction of sp³-hybridized carbons (Fsp3) is 0.154. The van der Waals surface area contributed by atoms with Crippen LogP contribution >= 0.6 is 11.6 Å². The van der Waals surface area contributed by atoms with Gasteiger partial charge in [0.25, 0.3) is 0 Å². The largest absolute Gasteiger partial charge is 0.454 e. The molecule has 1 aromatic carbocycles. The van der Waals surface area contributed by atoms with Gasteiger partial charge in [0.15, 0.2) is 11.6 Å². The molecule has 2 rings (SSSR count). The summed E-state index contributed by atoms with van der Waals surface area (Å²) < 4.78 is 31.6. The van der Waals surface area contributed by atoms with Gasteiger partial charge in [0.2, 0.25) is 0 Å². The van der Waals surface area contributed by atoms with Crippen LogP contribution in [-0.4, -0.2) is 4.98 Å². The van der Waals surface area contributed by atoms with Crippen molar-refractivity contribution in [2.45, 2.75) is 12.8 Å². The van der Waals surface area contributed by atoms with Crippen molar-refractivity contribution in [3.05, 3.63) is 53.4 Å². The molecule has 0 bridgehead atoms. The number of pyridine rings is 1. The number of hydrogen-bond acceptors (Lipinski definition) is 2. The molecule has 1 heterocycles. The van der Waals surface area contributed by atoms with E-state index in [1.54, 1.807) is 19.2 Å². The number of aromatic nitrogens is 1. The van der Waals surface area contributed by atoms with Crippen molar-refractivity contribution in [2.24, 2.45) is 0 Å². The Bertz CT molecular complexity index is 575. The van der Waals surface area contributed by atoms with E-state index in [0.29, 0.717) is 11.3 Å². The molecule has 5 heteroatoms. The van der Waals surface area contributed by atoms with Gasteiger partial charge in [0.1, 0.15) is 11.6 Å². The van der Waals surface area contributed by atoms with Crippen LogP contribution < -0.4 is 4.74 Å². The lowest BCUT2D eigenvalue weighted by atomic mass is 10.2. The molecule has 0 N–H and O–H groups in total. The van der Waals surface area contributed by atoms with E-state index in [1.807, 2.05) is 0 Å². The Hall–Kier alpha value is -1.68. The number of ether oxygens (including phenoxy) is 1. The summed E-state index contributed by atoms with van der Waals surface area (Å²) in [6.45, 7) is 1.78. The van der Waals surface area contributed by atoms with E-state index < -0.39 is 11.6 Å². The molecule has 0 saturated carbocycles. The molecule has 0 spiro atoms. The second kappa shape index (κ2) is 5.31. The first-order valence-corrected chi connectivity index (χ1v) is 5.78. The summed E-state index contributed by atoms with van der Waals surface area (Å²) in [6, 6.07) is 4.79. The third-order valence-corrected chi connectivity index (χ3v) is 2.63. The fourth-order valence-corrected chi connectivity index (χ4v) is 1.64. The van der Waals surface area contributed by atoms with Crippen LogP contribution in [0.4, 0.5) is 8.78 Å². The van der Waals surface area contributed by atoms with Gasteiger partial charge in [-0.25, -0.2) is 8.78 Å². The molecule has 94 valence electrons. The first kappa shape index (κ1) is 12.8. The molecule has 1 aromatic heterocycles. The zero-order valence-electron chi connectivity index (χ0n) is 9.58. The molecule has 0 aliphatic heterocycles. The number of alkyl halides is 1. The molecule has 0 atom stereocenters. The number of hydrogen-bond donors (Lipinski definition) is 0. The second-order valence-corrected chi connectivity index (χ2v) is 4.01. The van der Waals surface area contributed by atoms with Gasteiger partial charge < -0.3 is 4.74 Å². The van der Waals surface area contributed by atoms with Crippen molar-refractivity contribution < 1.29 is 13.5 Å². The zero-order chi connectivity index (χ0) is 13.1. The smallest absolute Gasteiger partial charge is 0.168 e. The maximum absolute atomic E-state index is 13.5. The lowest BCUT2D eigenvalue weighted by Crippen LogP contribution is -1.95. The van der Waals surface area contributed by atoms with Crippen LogP contribution in [0.15, 0.2) is 30.5 Å². The Balaban J connectivity index is 2.36. The van der Waals surface area contributed by atoms with E-state index in [0.717, 1.165) is 17.8 Å². The summed E-state index contributed by atoms with van der Waals surface area (Å²) in [5, 5.41) is 0. The summed E-state index contributed by atoms with van der Waals surface area (Å²) in [6.07, 6.45) is 1.57. The Kier molecular flexibility index (Phi) is 3.77. The molecule has 0 unspecified atom stereocenters. The summed E-state index contributed by atoms with van der Waals surface area (Å²) in [5.74, 6) is -0.837. The molecule has 0 radical (unpaired) electrons. The Morgan fingerprint density at radius 3 is 2.67 bits per heavy atom. The van der Waals surface area contributed by atoms with Crippen LogP contribution in [0.3, 0.4) is 0 Å². The van der Waals surface area contributed by atoms with Crippen molar-refractivity contribution in [2.75, 3.05) is 0 Å². The minimum absolute atomic E-state index is 0.0478. The summed E-state index contributed by atoms with van der Waals surface area (Å²) in [5.41, 5.74) is 1.37. The van der Waals surface area contributed by atoms with Crippen molar-refractivity contribution >= 4 is 11.6 Å². The molecule has 0 fully saturated rings. The second-order valence-electron chi connectivity index (χ2n) is 3.74. The average molecular weight is 270 g/mol. The predicted octanol–water partition coefficient (Wildman–Crippen LogP) is 4.20. The van der Waals surface area contributed by atoms with Gasteiger partial charge in [0.05, 0.1) is 5.88 Å². The minimum atomic E-state index is -0.759. The van der Waals surface area contributed by atoms with Crippen molar-refractivity contribution in [1.29, 1.82) is 0 Å². The SMILES string of the molecule is Cc1cc(Oc2ccc(F)cc2F)c(CCl)cn1. The van der Waals surface area contributed by atoms with Gasteiger partial charge in [-0.2, -0.15) is 0 Å². The summed E-state index contributed by atoms with van der Waals surface area (Å²) >= 11 is 5.74. The molecule has 2 nitrogen and oxygen atoms in total. The highest BCUT2D eigenvalue weighted by Gasteiger charge is 2.10. The molecule has 18 heavy (non-hydrogen) atoms. The summed E-state index contributed by atoms with van der Waals surface area (Å²) in [4.78, 5) is 4.07. The van der Waals surface area contributed by atoms with Gasteiger partial charge in [-0.05, 0) is 19.1 Å². The normalized spacial score (nSPS) is 10.4. The third-order valence-electron chi connectivity index (χ3n) is 2.34. The Morgan fingerprint density at radius 1 is 1.22 bits per heavy atom. The van der Waals surface area contributed by atoms with Crippen LogP contribution in [0.5, 0.6) is 11.5 Å². The molecule has 0 saturated heterocycles. The van der Waals surface area contributed by atoms with E-state index in [2.05, 4.69) is 4.98 Å². The first-order valence-electron chi connectivity index (χ1n) is 5.24. The molecular formula is C13H10ClF2NO. The highest BCUT2D eigenvalue weighted by atomic mass is 35.5. The third kappa shape index (κ3) is 2.76. The van der Waals surface area contributed by atoms with Crippen molar-refractivity contribution in [3.63, 3.8) is 0 Å². The monoisotopic (exact) mass is 269 g/mol. The number of rotatable bonds is 3. The topological polar surface area (TPSA) is 22.1 Å². The van der Waals surface area contributed by atoms with Gasteiger partial charge in [-0.15, -0.1) is 11.6 Å². The average Bonchev–Trinajstić information content (AvgIpc) is 2.33. The first-order chi connectivity index (χ1) is 8.60. The van der Waals surface area contributed by atoms with Gasteiger partial charge in [-0.1, -0.05) is 0 Å². The highest BCUT2D eigenvalue weighted by Crippen LogP contribution is 2.28. The lowest BCUT2D eigenvalue weighted by Gasteiger charge is -2.10. The van der Waals surface area contributed by atoms with E-state index >= 15 is 0 Å². The number of benzene rings is 1. The predicted molar refractivity (Wildman–Crippen MR) is 65.0 cm³/mol. The van der Waals surface area contributed by atoms with E-state index in [-0.39, 0.29) is 11.6 Å². The number of nitrogens with zero attached hydrogens (tertiary/aromatic N) is 1. The molecule has 2 aromatic rings. The number of halogens is 3. The van der Waals surface area contributed by atoms with Gasteiger partial charge in [0, 0.05) is 29.6 Å². The van der Waals surface area contributed by atoms with Crippen LogP contribution in [-0.2, 0) is 5.88 Å². The van der Waals surface area contributed by atoms with Crippen molar-refractivity contribution in [3.8, 4) is 11.5 Å². The molecule has 0 amide bonds. The maximum atomic E-state index is 13.5. The Morgan fingerprint density at radius 2 is 2.00 bits per heavy atom. The van der Waals surface area contributed by atoms with E-state index in [4.69, 9.17) is 16.3 Å². The number of aryl methyl sites for hydroxylation is 1. The molecular weight excluding hydrogens is 260 g/mol. The van der Waals surface area contributed by atoms with E-state index in [9.17, 15) is 8.78 Å². The Labute approximate surface area is 108 Å². The minimum Gasteiger partial charge on any atom is -0.454 e. The van der Waals surface area contributed by atoms with Crippen LogP contribution in [0.25, 0.3) is 0 Å². The molecule has 0 aliphatic carbocycles. The van der Waals surface area contributed by atoms with Crippen LogP contribution in [0, 0.1) is 18.6 Å². The molecule has 0 aliphatic rings. The fourth-order valence-electron chi connectivity index (χ4n) is 1.43. The van der Waals surface area contributed by atoms with Crippen molar-refractivity contribution in [1.82, 2.24) is 4.98 Å².